The Morgan fingerprint density at radius 2 is 0.964 bits per heavy atom. The van der Waals surface area contributed by atoms with Gasteiger partial charge in [-0.3, -0.25) is 0 Å². The number of fused-ring (bicyclic) bond motifs is 3. The lowest BCUT2D eigenvalue weighted by atomic mass is 9.88. The second-order valence-electron chi connectivity index (χ2n) is 7.54. The summed E-state index contributed by atoms with van der Waals surface area (Å²) in [5.41, 5.74) is 7.77. The average molecular weight is 358 g/mol. The van der Waals surface area contributed by atoms with Gasteiger partial charge in [-0.15, -0.1) is 0 Å². The normalized spacial score (nSPS) is 11.2. The van der Waals surface area contributed by atoms with E-state index in [0.717, 1.165) is 0 Å². The predicted molar refractivity (Wildman–Crippen MR) is 122 cm³/mol. The first kappa shape index (κ1) is 16.8. The molecule has 0 radical (unpaired) electrons. The molecule has 0 bridgehead atoms. The molecule has 0 nitrogen and oxygen atoms in total. The van der Waals surface area contributed by atoms with Gasteiger partial charge in [0.15, 0.2) is 0 Å². The summed E-state index contributed by atoms with van der Waals surface area (Å²) in [5, 5.41) is 5.30. The molecule has 0 aliphatic heterocycles. The molecule has 5 aromatic carbocycles. The van der Waals surface area contributed by atoms with Crippen molar-refractivity contribution in [3.63, 3.8) is 0 Å². The van der Waals surface area contributed by atoms with E-state index < -0.39 is 0 Å². The van der Waals surface area contributed by atoms with Gasteiger partial charge in [0.05, 0.1) is 0 Å². The Hall–Kier alpha value is -3.38. The van der Waals surface area contributed by atoms with Crippen LogP contribution in [0.1, 0.15) is 11.1 Å². The Kier molecular flexibility index (Phi) is 3.98. The summed E-state index contributed by atoms with van der Waals surface area (Å²) < 4.78 is 0. The second-order valence-corrected chi connectivity index (χ2v) is 7.54. The first-order valence-corrected chi connectivity index (χ1v) is 9.80. The average Bonchev–Trinajstić information content (AvgIpc) is 2.74. The maximum absolute atomic E-state index is 2.33. The van der Waals surface area contributed by atoms with Gasteiger partial charge in [-0.2, -0.15) is 0 Å². The molecule has 0 aliphatic rings. The monoisotopic (exact) mass is 358 g/mol. The van der Waals surface area contributed by atoms with Crippen LogP contribution in [0.25, 0.3) is 43.8 Å². The van der Waals surface area contributed by atoms with Crippen molar-refractivity contribution in [1.82, 2.24) is 0 Å². The highest BCUT2D eigenvalue weighted by molar-refractivity contribution is 6.15. The zero-order valence-electron chi connectivity index (χ0n) is 16.2. The molecule has 0 unspecified atom stereocenters. The minimum Gasteiger partial charge on any atom is -0.0616 e. The second kappa shape index (κ2) is 6.65. The lowest BCUT2D eigenvalue weighted by molar-refractivity contribution is 1.46. The molecule has 0 N–H and O–H groups in total. The molecule has 134 valence electrons. The summed E-state index contributed by atoms with van der Waals surface area (Å²) in [6.07, 6.45) is 0. The molecule has 0 atom stereocenters. The Balaban J connectivity index is 1.82. The highest BCUT2D eigenvalue weighted by Gasteiger charge is 2.13. The van der Waals surface area contributed by atoms with Gasteiger partial charge < -0.3 is 0 Å². The van der Waals surface area contributed by atoms with Crippen molar-refractivity contribution in [1.29, 1.82) is 0 Å². The Morgan fingerprint density at radius 3 is 1.68 bits per heavy atom. The fraction of sp³-hybridized carbons (Fsp3) is 0.0714. The summed E-state index contributed by atoms with van der Waals surface area (Å²) in [6.45, 7) is 4.40. The van der Waals surface area contributed by atoms with E-state index in [9.17, 15) is 0 Å². The van der Waals surface area contributed by atoms with Gasteiger partial charge in [-0.25, -0.2) is 0 Å². The smallest absolute Gasteiger partial charge is 0.00695 e. The number of hydrogen-bond donors (Lipinski definition) is 0. The SMILES string of the molecule is Cc1cccc(-c2cccc(-c3c(C)c4ccccc4c4ccccc34)c2)c1. The van der Waals surface area contributed by atoms with E-state index in [1.165, 1.54) is 54.9 Å². The molecule has 0 fully saturated rings. The molecule has 0 heteroatoms. The Morgan fingerprint density at radius 1 is 0.429 bits per heavy atom. The molecule has 28 heavy (non-hydrogen) atoms. The molecule has 0 spiro atoms. The van der Waals surface area contributed by atoms with Crippen molar-refractivity contribution in [3.8, 4) is 22.3 Å². The van der Waals surface area contributed by atoms with Crippen LogP contribution in [0.3, 0.4) is 0 Å². The highest BCUT2D eigenvalue weighted by atomic mass is 14.2. The van der Waals surface area contributed by atoms with Crippen molar-refractivity contribution < 1.29 is 0 Å². The van der Waals surface area contributed by atoms with Gasteiger partial charge >= 0.3 is 0 Å². The van der Waals surface area contributed by atoms with Crippen LogP contribution in [0.2, 0.25) is 0 Å². The topological polar surface area (TPSA) is 0 Å². The van der Waals surface area contributed by atoms with Crippen LogP contribution in [0.15, 0.2) is 97.1 Å². The van der Waals surface area contributed by atoms with Crippen molar-refractivity contribution in [3.05, 3.63) is 108 Å². The molecular formula is C28H22. The van der Waals surface area contributed by atoms with Gasteiger partial charge in [0, 0.05) is 0 Å². The largest absolute Gasteiger partial charge is 0.0616 e. The maximum Gasteiger partial charge on any atom is -0.00695 e. The molecule has 0 heterocycles. The third-order valence-electron chi connectivity index (χ3n) is 5.70. The molecule has 5 rings (SSSR count). The minimum atomic E-state index is 1.26. The molecule has 0 saturated heterocycles. The van der Waals surface area contributed by atoms with Crippen LogP contribution in [0.4, 0.5) is 0 Å². The molecule has 0 aliphatic carbocycles. The molecule has 0 aromatic heterocycles. The van der Waals surface area contributed by atoms with Gasteiger partial charge in [-0.1, -0.05) is 96.6 Å². The fourth-order valence-corrected chi connectivity index (χ4v) is 4.37. The summed E-state index contributed by atoms with van der Waals surface area (Å²) in [7, 11) is 0. The van der Waals surface area contributed by atoms with Crippen LogP contribution in [0.5, 0.6) is 0 Å². The van der Waals surface area contributed by atoms with Gasteiger partial charge in [-0.05, 0) is 69.3 Å². The van der Waals surface area contributed by atoms with E-state index >= 15 is 0 Å². The molecule has 0 saturated carbocycles. The van der Waals surface area contributed by atoms with Crippen LogP contribution in [-0.4, -0.2) is 0 Å². The summed E-state index contributed by atoms with van der Waals surface area (Å²) in [4.78, 5) is 0. The maximum atomic E-state index is 2.33. The lowest BCUT2D eigenvalue weighted by Gasteiger charge is -2.16. The van der Waals surface area contributed by atoms with E-state index in [-0.39, 0.29) is 0 Å². The van der Waals surface area contributed by atoms with Crippen LogP contribution >= 0.6 is 0 Å². The third-order valence-corrected chi connectivity index (χ3v) is 5.70. The molecular weight excluding hydrogens is 336 g/mol. The molecule has 5 aromatic rings. The highest BCUT2D eigenvalue weighted by Crippen LogP contribution is 2.39. The number of rotatable bonds is 2. The minimum absolute atomic E-state index is 1.26. The first-order valence-electron chi connectivity index (χ1n) is 9.80. The number of benzene rings is 5. The van der Waals surface area contributed by atoms with Crippen LogP contribution in [0, 0.1) is 13.8 Å². The van der Waals surface area contributed by atoms with E-state index in [4.69, 9.17) is 0 Å². The van der Waals surface area contributed by atoms with E-state index in [2.05, 4.69) is 111 Å². The standard InChI is InChI=1S/C28H22/c1-19-9-7-10-21(17-19)22-11-8-12-23(18-22)28-20(2)24-13-3-4-14-25(24)26-15-5-6-16-27(26)28/h3-18H,1-2H3. The van der Waals surface area contributed by atoms with Crippen LogP contribution in [-0.2, 0) is 0 Å². The Bertz CT molecular complexity index is 1320. The predicted octanol–water partition coefficient (Wildman–Crippen LogP) is 7.94. The quantitative estimate of drug-likeness (QED) is 0.281. The van der Waals surface area contributed by atoms with Gasteiger partial charge in [0.2, 0.25) is 0 Å². The van der Waals surface area contributed by atoms with E-state index in [1.807, 2.05) is 0 Å². The molecule has 0 amide bonds. The van der Waals surface area contributed by atoms with Crippen molar-refractivity contribution in [2.75, 3.05) is 0 Å². The zero-order valence-corrected chi connectivity index (χ0v) is 16.2. The third kappa shape index (κ3) is 2.70. The summed E-state index contributed by atoms with van der Waals surface area (Å²) >= 11 is 0. The Labute approximate surface area is 166 Å². The fourth-order valence-electron chi connectivity index (χ4n) is 4.37. The van der Waals surface area contributed by atoms with Gasteiger partial charge in [0.1, 0.15) is 0 Å². The summed E-state index contributed by atoms with van der Waals surface area (Å²) in [6, 6.07) is 35.2. The van der Waals surface area contributed by atoms with E-state index in [1.54, 1.807) is 0 Å². The van der Waals surface area contributed by atoms with Crippen molar-refractivity contribution in [2.45, 2.75) is 13.8 Å². The summed E-state index contributed by atoms with van der Waals surface area (Å²) in [5.74, 6) is 0. The first-order chi connectivity index (χ1) is 13.7. The van der Waals surface area contributed by atoms with Crippen LogP contribution < -0.4 is 0 Å². The number of aryl methyl sites for hydroxylation is 2. The van der Waals surface area contributed by atoms with E-state index in [0.29, 0.717) is 0 Å². The van der Waals surface area contributed by atoms with Crippen molar-refractivity contribution >= 4 is 21.5 Å². The number of hydrogen-bond acceptors (Lipinski definition) is 0. The lowest BCUT2D eigenvalue weighted by Crippen LogP contribution is -1.90. The zero-order chi connectivity index (χ0) is 19.1. The van der Waals surface area contributed by atoms with Crippen molar-refractivity contribution in [2.24, 2.45) is 0 Å². The van der Waals surface area contributed by atoms with Gasteiger partial charge in [0.25, 0.3) is 0 Å².